The van der Waals surface area contributed by atoms with Gasteiger partial charge in [-0.1, -0.05) is 24.6 Å². The van der Waals surface area contributed by atoms with Gasteiger partial charge in [-0.2, -0.15) is 0 Å². The first kappa shape index (κ1) is 14.7. The van der Waals surface area contributed by atoms with Crippen LogP contribution < -0.4 is 4.72 Å². The zero-order chi connectivity index (χ0) is 13.8. The Hall–Kier alpha value is -1.37. The summed E-state index contributed by atoms with van der Waals surface area (Å²) in [6, 6.07) is 4.21. The minimum atomic E-state index is -3.61. The molecule has 0 radical (unpaired) electrons. The van der Waals surface area contributed by atoms with Crippen LogP contribution in [-0.4, -0.2) is 26.0 Å². The molecule has 2 N–H and O–H groups in total. The Balaban J connectivity index is 3.11. The van der Waals surface area contributed by atoms with E-state index in [1.54, 1.807) is 6.92 Å². The highest BCUT2D eigenvalue weighted by Crippen LogP contribution is 2.23. The summed E-state index contributed by atoms with van der Waals surface area (Å²) in [7, 11) is -3.61. The summed E-state index contributed by atoms with van der Waals surface area (Å²) in [6.07, 6.45) is 2.28. The molecule has 5 nitrogen and oxygen atoms in total. The van der Waals surface area contributed by atoms with Gasteiger partial charge in [0.2, 0.25) is 10.0 Å². The second-order valence-corrected chi connectivity index (χ2v) is 5.51. The Bertz CT molecular complexity index is 581. The molecule has 7 heteroatoms. The van der Waals surface area contributed by atoms with Crippen molar-refractivity contribution < 1.29 is 18.3 Å². The Kier molecular flexibility index (Phi) is 4.89. The lowest BCUT2D eigenvalue weighted by Gasteiger charge is -2.07. The summed E-state index contributed by atoms with van der Waals surface area (Å²) in [4.78, 5) is 10.3. The zero-order valence-electron chi connectivity index (χ0n) is 9.55. The van der Waals surface area contributed by atoms with Gasteiger partial charge in [0.25, 0.3) is 0 Å². The molecule has 0 fully saturated rings. The molecule has 1 aromatic rings. The fourth-order valence-electron chi connectivity index (χ4n) is 1.27. The molecule has 0 spiro atoms. The average molecular weight is 290 g/mol. The summed E-state index contributed by atoms with van der Waals surface area (Å²) in [5.41, 5.74) is 0.512. The van der Waals surface area contributed by atoms with Crippen LogP contribution in [0.1, 0.15) is 12.5 Å². The smallest absolute Gasteiger partial charge is 0.328 e. The first-order valence-corrected chi connectivity index (χ1v) is 6.93. The number of rotatable bonds is 5. The Morgan fingerprint density at radius 3 is 2.67 bits per heavy atom. The normalized spacial score (nSPS) is 11.9. The number of carbonyl (C=O) groups is 1. The Morgan fingerprint density at radius 2 is 2.17 bits per heavy atom. The van der Waals surface area contributed by atoms with Crippen LogP contribution in [0.4, 0.5) is 0 Å². The van der Waals surface area contributed by atoms with Crippen molar-refractivity contribution in [3.8, 4) is 0 Å². The minimum Gasteiger partial charge on any atom is -0.478 e. The van der Waals surface area contributed by atoms with Crippen LogP contribution in [-0.2, 0) is 14.8 Å². The number of carboxylic acids is 1. The van der Waals surface area contributed by atoms with E-state index < -0.39 is 16.0 Å². The second-order valence-electron chi connectivity index (χ2n) is 3.36. The molecule has 0 bridgehead atoms. The van der Waals surface area contributed by atoms with Crippen molar-refractivity contribution in [2.45, 2.75) is 11.8 Å². The van der Waals surface area contributed by atoms with E-state index in [0.717, 1.165) is 6.08 Å². The standard InChI is InChI=1S/C11H12ClNO4S/c1-2-13-18(16,17)10-5-3-8(7-9(10)12)4-6-11(14)15/h3-7,13H,2H2,1H3,(H,14,15)/b6-4+. The largest absolute Gasteiger partial charge is 0.478 e. The molecule has 1 rings (SSSR count). The summed E-state index contributed by atoms with van der Waals surface area (Å²) < 4.78 is 25.8. The Labute approximate surface area is 110 Å². The summed E-state index contributed by atoms with van der Waals surface area (Å²) in [5, 5.41) is 8.52. The lowest BCUT2D eigenvalue weighted by atomic mass is 10.2. The van der Waals surface area contributed by atoms with E-state index in [1.165, 1.54) is 24.3 Å². The van der Waals surface area contributed by atoms with Gasteiger partial charge in [-0.25, -0.2) is 17.9 Å². The molecular weight excluding hydrogens is 278 g/mol. The molecule has 0 saturated carbocycles. The highest BCUT2D eigenvalue weighted by atomic mass is 35.5. The van der Waals surface area contributed by atoms with E-state index in [0.29, 0.717) is 5.56 Å². The van der Waals surface area contributed by atoms with Crippen molar-refractivity contribution in [3.05, 3.63) is 34.9 Å². The molecule has 0 aliphatic carbocycles. The lowest BCUT2D eigenvalue weighted by Crippen LogP contribution is -2.23. The molecular formula is C11H12ClNO4S. The van der Waals surface area contributed by atoms with Gasteiger partial charge in [-0.3, -0.25) is 0 Å². The molecule has 0 heterocycles. The van der Waals surface area contributed by atoms with Crippen LogP contribution in [0, 0.1) is 0 Å². The van der Waals surface area contributed by atoms with Gasteiger partial charge in [-0.15, -0.1) is 0 Å². The highest BCUT2D eigenvalue weighted by Gasteiger charge is 2.16. The molecule has 0 aromatic heterocycles. The molecule has 98 valence electrons. The first-order valence-electron chi connectivity index (χ1n) is 5.07. The molecule has 1 aromatic carbocycles. The fourth-order valence-corrected chi connectivity index (χ4v) is 2.87. The maximum Gasteiger partial charge on any atom is 0.328 e. The quantitative estimate of drug-likeness (QED) is 0.809. The van der Waals surface area contributed by atoms with E-state index >= 15 is 0 Å². The maximum atomic E-state index is 11.7. The van der Waals surface area contributed by atoms with E-state index in [9.17, 15) is 13.2 Å². The predicted molar refractivity (Wildman–Crippen MR) is 69.0 cm³/mol. The van der Waals surface area contributed by atoms with E-state index in [1.807, 2.05) is 0 Å². The molecule has 0 atom stereocenters. The number of hydrogen-bond donors (Lipinski definition) is 2. The molecule has 0 amide bonds. The van der Waals surface area contributed by atoms with Crippen molar-refractivity contribution in [1.29, 1.82) is 0 Å². The van der Waals surface area contributed by atoms with Gasteiger partial charge >= 0.3 is 5.97 Å². The van der Waals surface area contributed by atoms with Crippen molar-refractivity contribution in [2.24, 2.45) is 0 Å². The number of carboxylic acid groups (broad SMARTS) is 1. The maximum absolute atomic E-state index is 11.7. The third-order valence-electron chi connectivity index (χ3n) is 2.00. The van der Waals surface area contributed by atoms with E-state index in [-0.39, 0.29) is 16.5 Å². The van der Waals surface area contributed by atoms with Crippen LogP contribution in [0.2, 0.25) is 5.02 Å². The number of aliphatic carboxylic acids is 1. The van der Waals surface area contributed by atoms with Crippen LogP contribution in [0.15, 0.2) is 29.2 Å². The monoisotopic (exact) mass is 289 g/mol. The number of benzene rings is 1. The summed E-state index contributed by atoms with van der Waals surface area (Å²) in [6.45, 7) is 1.93. The second kappa shape index (κ2) is 5.99. The topological polar surface area (TPSA) is 83.5 Å². The Morgan fingerprint density at radius 1 is 1.50 bits per heavy atom. The van der Waals surface area contributed by atoms with Crippen molar-refractivity contribution in [2.75, 3.05) is 6.54 Å². The van der Waals surface area contributed by atoms with Gasteiger partial charge in [0.15, 0.2) is 0 Å². The minimum absolute atomic E-state index is 0.0292. The number of hydrogen-bond acceptors (Lipinski definition) is 3. The van der Waals surface area contributed by atoms with E-state index in [2.05, 4.69) is 4.72 Å². The molecule has 0 aliphatic rings. The van der Waals surface area contributed by atoms with Crippen molar-refractivity contribution in [1.82, 2.24) is 4.72 Å². The van der Waals surface area contributed by atoms with Gasteiger partial charge in [0.05, 0.1) is 5.02 Å². The van der Waals surface area contributed by atoms with E-state index in [4.69, 9.17) is 16.7 Å². The number of nitrogens with one attached hydrogen (secondary N) is 1. The molecule has 0 unspecified atom stereocenters. The van der Waals surface area contributed by atoms with Crippen LogP contribution >= 0.6 is 11.6 Å². The van der Waals surface area contributed by atoms with Gasteiger partial charge in [0.1, 0.15) is 4.90 Å². The summed E-state index contributed by atoms with van der Waals surface area (Å²) in [5.74, 6) is -1.09. The molecule has 0 aliphatic heterocycles. The average Bonchev–Trinajstić information content (AvgIpc) is 2.25. The third kappa shape index (κ3) is 3.83. The predicted octanol–water partition coefficient (Wildman–Crippen LogP) is 1.74. The van der Waals surface area contributed by atoms with Gasteiger partial charge < -0.3 is 5.11 Å². The fraction of sp³-hybridized carbons (Fsp3) is 0.182. The van der Waals surface area contributed by atoms with Crippen molar-refractivity contribution in [3.63, 3.8) is 0 Å². The number of halogens is 1. The van der Waals surface area contributed by atoms with Crippen molar-refractivity contribution >= 4 is 33.7 Å². The van der Waals surface area contributed by atoms with Crippen LogP contribution in [0.3, 0.4) is 0 Å². The van der Waals surface area contributed by atoms with Gasteiger partial charge in [0, 0.05) is 12.6 Å². The third-order valence-corrected chi connectivity index (χ3v) is 4.03. The lowest BCUT2D eigenvalue weighted by molar-refractivity contribution is -0.131. The SMILES string of the molecule is CCNS(=O)(=O)c1ccc(/C=C/C(=O)O)cc1Cl. The van der Waals surface area contributed by atoms with Gasteiger partial charge in [-0.05, 0) is 23.8 Å². The zero-order valence-corrected chi connectivity index (χ0v) is 11.1. The van der Waals surface area contributed by atoms with Crippen LogP contribution in [0.25, 0.3) is 6.08 Å². The number of sulfonamides is 1. The molecule has 0 saturated heterocycles. The first-order chi connectivity index (χ1) is 8.36. The van der Waals surface area contributed by atoms with Crippen LogP contribution in [0.5, 0.6) is 0 Å². The molecule has 18 heavy (non-hydrogen) atoms. The highest BCUT2D eigenvalue weighted by molar-refractivity contribution is 7.89. The summed E-state index contributed by atoms with van der Waals surface area (Å²) >= 11 is 5.86.